The number of nitrogens with zero attached hydrogens (tertiary/aromatic N) is 1. The number of hydrogen-bond donors (Lipinski definition) is 0. The van der Waals surface area contributed by atoms with Crippen molar-refractivity contribution in [2.45, 2.75) is 49.8 Å². The van der Waals surface area contributed by atoms with Crippen molar-refractivity contribution in [1.29, 1.82) is 0 Å². The third-order valence-electron chi connectivity index (χ3n) is 3.81. The molecule has 0 spiro atoms. The molecule has 1 aliphatic carbocycles. The molecule has 1 aromatic heterocycles. The van der Waals surface area contributed by atoms with E-state index in [4.69, 9.17) is 10.7 Å². The lowest BCUT2D eigenvalue weighted by Gasteiger charge is -2.27. The SMILES string of the molecule is CCN(C(=O)c1csc(S(=O)(=O)Cl)c1C)C1CCCC1. The van der Waals surface area contributed by atoms with Gasteiger partial charge in [0.2, 0.25) is 0 Å². The van der Waals surface area contributed by atoms with E-state index in [1.54, 1.807) is 12.3 Å². The van der Waals surface area contributed by atoms with Gasteiger partial charge in [-0.05, 0) is 32.3 Å². The summed E-state index contributed by atoms with van der Waals surface area (Å²) in [6.07, 6.45) is 4.36. The first-order chi connectivity index (χ1) is 9.36. The monoisotopic (exact) mass is 335 g/mol. The van der Waals surface area contributed by atoms with Crippen molar-refractivity contribution in [3.63, 3.8) is 0 Å². The van der Waals surface area contributed by atoms with E-state index >= 15 is 0 Å². The highest BCUT2D eigenvalue weighted by atomic mass is 35.7. The summed E-state index contributed by atoms with van der Waals surface area (Å²) in [5, 5.41) is 1.60. The molecule has 0 aliphatic heterocycles. The molecule has 1 amide bonds. The summed E-state index contributed by atoms with van der Waals surface area (Å²) in [5.74, 6) is -0.0836. The third kappa shape index (κ3) is 3.02. The highest BCUT2D eigenvalue weighted by molar-refractivity contribution is 8.15. The van der Waals surface area contributed by atoms with E-state index in [2.05, 4.69) is 0 Å². The van der Waals surface area contributed by atoms with Crippen molar-refractivity contribution in [3.8, 4) is 0 Å². The van der Waals surface area contributed by atoms with Gasteiger partial charge in [-0.15, -0.1) is 11.3 Å². The molecule has 7 heteroatoms. The van der Waals surface area contributed by atoms with Gasteiger partial charge in [0.15, 0.2) is 0 Å². The molecule has 0 aromatic carbocycles. The van der Waals surface area contributed by atoms with Gasteiger partial charge in [-0.3, -0.25) is 4.79 Å². The van der Waals surface area contributed by atoms with Gasteiger partial charge in [0.25, 0.3) is 15.0 Å². The molecule has 1 fully saturated rings. The third-order valence-corrected chi connectivity index (χ3v) is 7.12. The summed E-state index contributed by atoms with van der Waals surface area (Å²) in [4.78, 5) is 14.5. The Balaban J connectivity index is 2.31. The molecule has 1 aromatic rings. The van der Waals surface area contributed by atoms with E-state index in [9.17, 15) is 13.2 Å². The van der Waals surface area contributed by atoms with Crippen LogP contribution >= 0.6 is 22.0 Å². The van der Waals surface area contributed by atoms with Crippen molar-refractivity contribution in [3.05, 3.63) is 16.5 Å². The molecule has 1 saturated carbocycles. The van der Waals surface area contributed by atoms with Crippen molar-refractivity contribution in [2.75, 3.05) is 6.54 Å². The van der Waals surface area contributed by atoms with Crippen LogP contribution in [-0.2, 0) is 9.05 Å². The molecule has 0 atom stereocenters. The lowest BCUT2D eigenvalue weighted by molar-refractivity contribution is 0.0693. The quantitative estimate of drug-likeness (QED) is 0.792. The van der Waals surface area contributed by atoms with Crippen LogP contribution in [0.1, 0.15) is 48.5 Å². The molecule has 1 heterocycles. The molecule has 1 aliphatic rings. The Kier molecular flexibility index (Phi) is 4.76. The molecular weight excluding hydrogens is 318 g/mol. The zero-order valence-corrected chi connectivity index (χ0v) is 13.9. The maximum absolute atomic E-state index is 12.6. The minimum atomic E-state index is -3.78. The first-order valence-electron chi connectivity index (χ1n) is 6.70. The second-order valence-electron chi connectivity index (χ2n) is 5.03. The van der Waals surface area contributed by atoms with Gasteiger partial charge in [0.05, 0.1) is 5.56 Å². The Labute approximate surface area is 128 Å². The lowest BCUT2D eigenvalue weighted by Crippen LogP contribution is -2.38. The zero-order valence-electron chi connectivity index (χ0n) is 11.6. The molecule has 4 nitrogen and oxygen atoms in total. The van der Waals surface area contributed by atoms with Gasteiger partial charge in [-0.1, -0.05) is 12.8 Å². The van der Waals surface area contributed by atoms with Crippen LogP contribution in [-0.4, -0.2) is 31.8 Å². The molecule has 112 valence electrons. The Morgan fingerprint density at radius 2 is 2.05 bits per heavy atom. The van der Waals surface area contributed by atoms with E-state index < -0.39 is 9.05 Å². The normalized spacial score (nSPS) is 16.6. The van der Waals surface area contributed by atoms with Crippen molar-refractivity contribution >= 4 is 37.0 Å². The smallest absolute Gasteiger partial charge is 0.271 e. The van der Waals surface area contributed by atoms with Gasteiger partial charge in [0, 0.05) is 28.6 Å². The Morgan fingerprint density at radius 1 is 1.45 bits per heavy atom. The van der Waals surface area contributed by atoms with Crippen LogP contribution in [0.2, 0.25) is 0 Å². The second kappa shape index (κ2) is 6.03. The Morgan fingerprint density at radius 3 is 2.50 bits per heavy atom. The Hall–Kier alpha value is -0.590. The van der Waals surface area contributed by atoms with Gasteiger partial charge < -0.3 is 4.90 Å². The maximum atomic E-state index is 12.6. The molecule has 20 heavy (non-hydrogen) atoms. The topological polar surface area (TPSA) is 54.5 Å². The number of amides is 1. The van der Waals surface area contributed by atoms with Crippen LogP contribution in [0, 0.1) is 6.92 Å². The fourth-order valence-electron chi connectivity index (χ4n) is 2.79. The van der Waals surface area contributed by atoms with Gasteiger partial charge in [-0.25, -0.2) is 8.42 Å². The summed E-state index contributed by atoms with van der Waals surface area (Å²) in [6.45, 7) is 4.24. The van der Waals surface area contributed by atoms with Crippen molar-refractivity contribution in [1.82, 2.24) is 4.90 Å². The summed E-state index contributed by atoms with van der Waals surface area (Å²) in [7, 11) is 1.60. The molecule has 0 radical (unpaired) electrons. The minimum absolute atomic E-state index is 0.0741. The summed E-state index contributed by atoms with van der Waals surface area (Å²) in [5.41, 5.74) is 0.925. The summed E-state index contributed by atoms with van der Waals surface area (Å²) >= 11 is 1.01. The minimum Gasteiger partial charge on any atom is -0.336 e. The zero-order chi connectivity index (χ0) is 14.9. The van der Waals surface area contributed by atoms with E-state index in [1.165, 1.54) is 0 Å². The van der Waals surface area contributed by atoms with Crippen LogP contribution in [0.5, 0.6) is 0 Å². The van der Waals surface area contributed by atoms with E-state index in [0.29, 0.717) is 17.7 Å². The van der Waals surface area contributed by atoms with Crippen LogP contribution in [0.15, 0.2) is 9.59 Å². The van der Waals surface area contributed by atoms with Gasteiger partial charge in [0.1, 0.15) is 4.21 Å². The number of thiophene rings is 1. The van der Waals surface area contributed by atoms with Crippen LogP contribution < -0.4 is 0 Å². The van der Waals surface area contributed by atoms with E-state index in [-0.39, 0.29) is 16.2 Å². The highest BCUT2D eigenvalue weighted by Gasteiger charge is 2.29. The maximum Gasteiger partial charge on any atom is 0.271 e. The molecule has 0 bridgehead atoms. The number of hydrogen-bond acceptors (Lipinski definition) is 4. The second-order valence-corrected chi connectivity index (χ2v) is 8.67. The first-order valence-corrected chi connectivity index (χ1v) is 9.89. The first kappa shape index (κ1) is 15.8. The number of carbonyl (C=O) groups excluding carboxylic acids is 1. The largest absolute Gasteiger partial charge is 0.336 e. The van der Waals surface area contributed by atoms with Gasteiger partial charge in [-0.2, -0.15) is 0 Å². The molecule has 0 saturated heterocycles. The fourth-order valence-corrected chi connectivity index (χ4v) is 5.33. The summed E-state index contributed by atoms with van der Waals surface area (Å²) < 4.78 is 22.9. The average Bonchev–Trinajstić information content (AvgIpc) is 2.98. The number of rotatable bonds is 4. The predicted molar refractivity (Wildman–Crippen MR) is 81.1 cm³/mol. The number of carbonyl (C=O) groups is 1. The molecular formula is C13H18ClNO3S2. The van der Waals surface area contributed by atoms with E-state index in [0.717, 1.165) is 37.0 Å². The highest BCUT2D eigenvalue weighted by Crippen LogP contribution is 2.32. The molecule has 2 rings (SSSR count). The van der Waals surface area contributed by atoms with Gasteiger partial charge >= 0.3 is 0 Å². The lowest BCUT2D eigenvalue weighted by atomic mass is 10.1. The van der Waals surface area contributed by atoms with Crippen LogP contribution in [0.25, 0.3) is 0 Å². The van der Waals surface area contributed by atoms with Crippen molar-refractivity contribution < 1.29 is 13.2 Å². The fraction of sp³-hybridized carbons (Fsp3) is 0.615. The van der Waals surface area contributed by atoms with Crippen LogP contribution in [0.4, 0.5) is 0 Å². The standard InChI is InChI=1S/C13H18ClNO3S2/c1-3-15(10-6-4-5-7-10)12(16)11-8-19-13(9(11)2)20(14,17)18/h8,10H,3-7H2,1-2H3. The van der Waals surface area contributed by atoms with E-state index in [1.807, 2.05) is 11.8 Å². The predicted octanol–water partition coefficient (Wildman–Crippen LogP) is 3.39. The Bertz CT molecular complexity index is 603. The molecule has 0 N–H and O–H groups in total. The summed E-state index contributed by atoms with van der Waals surface area (Å²) in [6, 6.07) is 0.280. The number of halogens is 1. The molecule has 0 unspecified atom stereocenters. The van der Waals surface area contributed by atoms with Crippen LogP contribution in [0.3, 0.4) is 0 Å². The average molecular weight is 336 g/mol. The van der Waals surface area contributed by atoms with Crippen molar-refractivity contribution in [2.24, 2.45) is 0 Å².